The van der Waals surface area contributed by atoms with Crippen LogP contribution in [0, 0.1) is 11.8 Å². The van der Waals surface area contributed by atoms with E-state index in [1.54, 1.807) is 18.2 Å². The molecule has 1 aromatic rings. The summed E-state index contributed by atoms with van der Waals surface area (Å²) in [5, 5.41) is 12.6. The second kappa shape index (κ2) is 7.45. The molecule has 1 fully saturated rings. The van der Waals surface area contributed by atoms with E-state index in [2.05, 4.69) is 37.9 Å². The molecule has 1 saturated heterocycles. The number of piperidine rings is 1. The largest absolute Gasteiger partial charge is 0.478 e. The Kier molecular flexibility index (Phi) is 5.82. The van der Waals surface area contributed by atoms with Crippen molar-refractivity contribution < 1.29 is 9.90 Å². The molecule has 1 aromatic carbocycles. The fourth-order valence-electron chi connectivity index (χ4n) is 3.60. The van der Waals surface area contributed by atoms with Crippen LogP contribution in [0.5, 0.6) is 0 Å². The summed E-state index contributed by atoms with van der Waals surface area (Å²) in [5.74, 6) is 0.638. The molecule has 23 heavy (non-hydrogen) atoms. The van der Waals surface area contributed by atoms with Gasteiger partial charge in [0.25, 0.3) is 0 Å². The van der Waals surface area contributed by atoms with Gasteiger partial charge in [0.15, 0.2) is 0 Å². The van der Waals surface area contributed by atoms with Crippen LogP contribution in [-0.4, -0.2) is 41.1 Å². The van der Waals surface area contributed by atoms with E-state index >= 15 is 0 Å². The quantitative estimate of drug-likeness (QED) is 0.845. The van der Waals surface area contributed by atoms with Crippen LogP contribution in [0.2, 0.25) is 0 Å². The van der Waals surface area contributed by atoms with Crippen molar-refractivity contribution in [2.45, 2.75) is 46.2 Å². The van der Waals surface area contributed by atoms with Gasteiger partial charge in [0, 0.05) is 31.7 Å². The van der Waals surface area contributed by atoms with Crippen LogP contribution in [0.4, 0.5) is 0 Å². The molecule has 2 rings (SSSR count). The average molecular weight is 318 g/mol. The minimum absolute atomic E-state index is 0.105. The zero-order chi connectivity index (χ0) is 17.0. The monoisotopic (exact) mass is 318 g/mol. The second-order valence-electron chi connectivity index (χ2n) is 7.77. The summed E-state index contributed by atoms with van der Waals surface area (Å²) in [6.07, 6.45) is 1.32. The van der Waals surface area contributed by atoms with E-state index in [1.807, 2.05) is 6.07 Å². The van der Waals surface area contributed by atoms with Crippen LogP contribution in [-0.2, 0) is 6.54 Å². The van der Waals surface area contributed by atoms with Crippen LogP contribution in [0.25, 0.3) is 0 Å². The van der Waals surface area contributed by atoms with Gasteiger partial charge >= 0.3 is 5.97 Å². The molecule has 0 spiro atoms. The number of nitrogens with zero attached hydrogens (tertiary/aromatic N) is 1. The van der Waals surface area contributed by atoms with Gasteiger partial charge < -0.3 is 10.4 Å². The number of aromatic carboxylic acids is 1. The first-order chi connectivity index (χ1) is 10.8. The van der Waals surface area contributed by atoms with Gasteiger partial charge in [-0.1, -0.05) is 26.0 Å². The SMILES string of the molecule is CC1CC(C)CN(C(C)(C)CNCc2cccc(C(=O)O)c2)C1. The zero-order valence-electron chi connectivity index (χ0n) is 14.8. The van der Waals surface area contributed by atoms with Gasteiger partial charge in [0.1, 0.15) is 0 Å². The van der Waals surface area contributed by atoms with Crippen molar-refractivity contribution in [3.05, 3.63) is 35.4 Å². The average Bonchev–Trinajstić information content (AvgIpc) is 2.46. The Morgan fingerprint density at radius 1 is 1.30 bits per heavy atom. The lowest BCUT2D eigenvalue weighted by Crippen LogP contribution is -2.55. The number of hydrogen-bond donors (Lipinski definition) is 2. The van der Waals surface area contributed by atoms with Crippen LogP contribution in [0.15, 0.2) is 24.3 Å². The van der Waals surface area contributed by atoms with Gasteiger partial charge in [-0.15, -0.1) is 0 Å². The molecular formula is C19H30N2O2. The normalized spacial score (nSPS) is 23.0. The van der Waals surface area contributed by atoms with Crippen molar-refractivity contribution in [2.75, 3.05) is 19.6 Å². The number of rotatable bonds is 6. The fraction of sp³-hybridized carbons (Fsp3) is 0.632. The summed E-state index contributed by atoms with van der Waals surface area (Å²) < 4.78 is 0. The highest BCUT2D eigenvalue weighted by molar-refractivity contribution is 5.87. The number of hydrogen-bond acceptors (Lipinski definition) is 3. The van der Waals surface area contributed by atoms with E-state index in [-0.39, 0.29) is 5.54 Å². The van der Waals surface area contributed by atoms with Gasteiger partial charge in [-0.3, -0.25) is 4.90 Å². The maximum absolute atomic E-state index is 11.0. The fourth-order valence-corrected chi connectivity index (χ4v) is 3.60. The van der Waals surface area contributed by atoms with Crippen LogP contribution in [0.3, 0.4) is 0 Å². The third kappa shape index (κ3) is 5.05. The Balaban J connectivity index is 1.89. The van der Waals surface area contributed by atoms with Crippen molar-refractivity contribution in [1.29, 1.82) is 0 Å². The van der Waals surface area contributed by atoms with E-state index in [0.717, 1.165) is 37.0 Å². The third-order valence-electron chi connectivity index (χ3n) is 4.79. The van der Waals surface area contributed by atoms with Gasteiger partial charge in [0.2, 0.25) is 0 Å². The first-order valence-corrected chi connectivity index (χ1v) is 8.56. The smallest absolute Gasteiger partial charge is 0.335 e. The highest BCUT2D eigenvalue weighted by atomic mass is 16.4. The van der Waals surface area contributed by atoms with Crippen LogP contribution in [0.1, 0.15) is 50.0 Å². The lowest BCUT2D eigenvalue weighted by atomic mass is 9.88. The predicted octanol–water partition coefficient (Wildman–Crippen LogP) is 3.23. The van der Waals surface area contributed by atoms with E-state index in [0.29, 0.717) is 12.1 Å². The molecular weight excluding hydrogens is 288 g/mol. The van der Waals surface area contributed by atoms with E-state index < -0.39 is 5.97 Å². The minimum Gasteiger partial charge on any atom is -0.478 e. The summed E-state index contributed by atoms with van der Waals surface area (Å²) in [4.78, 5) is 13.6. The van der Waals surface area contributed by atoms with Gasteiger partial charge in [0.05, 0.1) is 5.56 Å². The Morgan fingerprint density at radius 2 is 1.96 bits per heavy atom. The number of nitrogens with one attached hydrogen (secondary N) is 1. The number of benzene rings is 1. The van der Waals surface area contributed by atoms with Crippen molar-refractivity contribution in [3.63, 3.8) is 0 Å². The van der Waals surface area contributed by atoms with Crippen LogP contribution >= 0.6 is 0 Å². The van der Waals surface area contributed by atoms with E-state index in [1.165, 1.54) is 6.42 Å². The highest BCUT2D eigenvalue weighted by Crippen LogP contribution is 2.26. The standard InChI is InChI=1S/C19H30N2O2/c1-14-8-15(2)12-21(11-14)19(3,4)13-20-10-16-6-5-7-17(9-16)18(22)23/h5-7,9,14-15,20H,8,10-13H2,1-4H3,(H,22,23). The Labute approximate surface area is 139 Å². The number of carboxylic acids is 1. The topological polar surface area (TPSA) is 52.6 Å². The lowest BCUT2D eigenvalue weighted by molar-refractivity contribution is 0.0457. The molecule has 0 bridgehead atoms. The Morgan fingerprint density at radius 3 is 2.57 bits per heavy atom. The molecule has 4 nitrogen and oxygen atoms in total. The summed E-state index contributed by atoms with van der Waals surface area (Å²) in [5.41, 5.74) is 1.47. The first kappa shape index (κ1) is 18.0. The highest BCUT2D eigenvalue weighted by Gasteiger charge is 2.32. The van der Waals surface area contributed by atoms with Crippen molar-refractivity contribution in [2.24, 2.45) is 11.8 Å². The molecule has 1 heterocycles. The number of likely N-dealkylation sites (tertiary alicyclic amines) is 1. The van der Waals surface area contributed by atoms with Gasteiger partial charge in [-0.05, 0) is 49.8 Å². The van der Waals surface area contributed by atoms with E-state index in [4.69, 9.17) is 5.11 Å². The third-order valence-corrected chi connectivity index (χ3v) is 4.79. The summed E-state index contributed by atoms with van der Waals surface area (Å²) in [6, 6.07) is 7.15. The minimum atomic E-state index is -0.872. The molecule has 128 valence electrons. The Hall–Kier alpha value is -1.39. The molecule has 0 aliphatic carbocycles. The molecule has 1 aliphatic heterocycles. The molecule has 0 amide bonds. The summed E-state index contributed by atoms with van der Waals surface area (Å²) >= 11 is 0. The number of carboxylic acid groups (broad SMARTS) is 1. The van der Waals surface area contributed by atoms with Gasteiger partial charge in [-0.25, -0.2) is 4.79 Å². The van der Waals surface area contributed by atoms with Crippen LogP contribution < -0.4 is 5.32 Å². The van der Waals surface area contributed by atoms with Gasteiger partial charge in [-0.2, -0.15) is 0 Å². The first-order valence-electron chi connectivity index (χ1n) is 8.56. The van der Waals surface area contributed by atoms with E-state index in [9.17, 15) is 4.79 Å². The molecule has 2 unspecified atom stereocenters. The maximum Gasteiger partial charge on any atom is 0.335 e. The molecule has 0 aromatic heterocycles. The maximum atomic E-state index is 11.0. The Bertz CT molecular complexity index is 532. The number of carbonyl (C=O) groups is 1. The molecule has 0 radical (unpaired) electrons. The predicted molar refractivity (Wildman–Crippen MR) is 93.7 cm³/mol. The second-order valence-corrected chi connectivity index (χ2v) is 7.77. The van der Waals surface area contributed by atoms with Crippen molar-refractivity contribution >= 4 is 5.97 Å². The van der Waals surface area contributed by atoms with Crippen molar-refractivity contribution in [1.82, 2.24) is 10.2 Å². The molecule has 1 aliphatic rings. The molecule has 2 atom stereocenters. The zero-order valence-corrected chi connectivity index (χ0v) is 14.8. The molecule has 4 heteroatoms. The summed E-state index contributed by atoms with van der Waals surface area (Å²) in [6.45, 7) is 13.2. The lowest BCUT2D eigenvalue weighted by Gasteiger charge is -2.45. The van der Waals surface area contributed by atoms with Crippen molar-refractivity contribution in [3.8, 4) is 0 Å². The molecule has 2 N–H and O–H groups in total. The summed E-state index contributed by atoms with van der Waals surface area (Å²) in [7, 11) is 0. The molecule has 0 saturated carbocycles.